The molecule has 0 saturated carbocycles. The highest BCUT2D eigenvalue weighted by Gasteiger charge is 2.21. The SMILES string of the molecule is O=C(Nc1ccc(I)cc1)c1cc(-c2ccccc2)cn1Cc1csc(N2CCCCC2)n1.O=C(O)c1ccc(NC(=O)c2cc(-c3ccccc3)cn2Cc2csc(N3CCCCC3)n2)cc1. The van der Waals surface area contributed by atoms with Gasteiger partial charge in [-0.1, -0.05) is 60.7 Å². The molecule has 8 aromatic rings. The van der Waals surface area contributed by atoms with Crippen molar-refractivity contribution in [2.24, 2.45) is 0 Å². The van der Waals surface area contributed by atoms with Gasteiger partial charge < -0.3 is 34.7 Å². The molecule has 0 unspecified atom stereocenters. The van der Waals surface area contributed by atoms with E-state index in [-0.39, 0.29) is 17.4 Å². The number of rotatable bonds is 13. The van der Waals surface area contributed by atoms with Gasteiger partial charge in [0.05, 0.1) is 30.0 Å². The zero-order valence-electron chi connectivity index (χ0n) is 37.4. The number of halogens is 1. The van der Waals surface area contributed by atoms with Crippen LogP contribution in [0.2, 0.25) is 0 Å². The van der Waals surface area contributed by atoms with E-state index in [4.69, 9.17) is 15.1 Å². The van der Waals surface area contributed by atoms with E-state index in [2.05, 4.69) is 72.1 Å². The molecule has 2 fully saturated rings. The number of aromatic carboxylic acids is 1. The van der Waals surface area contributed by atoms with Crippen molar-refractivity contribution in [3.63, 3.8) is 0 Å². The van der Waals surface area contributed by atoms with Crippen molar-refractivity contribution < 1.29 is 19.5 Å². The molecular formula is C53H51IN8O4S2. The lowest BCUT2D eigenvalue weighted by Crippen LogP contribution is -2.29. The Morgan fingerprint density at radius 1 is 0.544 bits per heavy atom. The summed E-state index contributed by atoms with van der Waals surface area (Å²) in [6.45, 7) is 5.30. The molecule has 2 aliphatic rings. The van der Waals surface area contributed by atoms with Crippen molar-refractivity contribution in [1.29, 1.82) is 0 Å². The first-order chi connectivity index (χ1) is 33.2. The molecule has 68 heavy (non-hydrogen) atoms. The predicted octanol–water partition coefficient (Wildman–Crippen LogP) is 12.1. The van der Waals surface area contributed by atoms with Gasteiger partial charge in [-0.05, 0) is 133 Å². The fourth-order valence-electron chi connectivity index (χ4n) is 8.41. The minimum atomic E-state index is -1.00. The number of amides is 2. The van der Waals surface area contributed by atoms with Crippen LogP contribution in [0.4, 0.5) is 21.6 Å². The molecule has 0 atom stereocenters. The first-order valence-electron chi connectivity index (χ1n) is 22.8. The highest BCUT2D eigenvalue weighted by molar-refractivity contribution is 14.1. The zero-order chi connectivity index (χ0) is 46.8. The number of piperidine rings is 2. The number of carboxylic acids is 1. The van der Waals surface area contributed by atoms with E-state index in [0.29, 0.717) is 30.2 Å². The van der Waals surface area contributed by atoms with E-state index in [0.717, 1.165) is 79.3 Å². The molecule has 10 rings (SSSR count). The van der Waals surface area contributed by atoms with Crippen LogP contribution in [0.1, 0.15) is 81.2 Å². The molecule has 2 amide bonds. The van der Waals surface area contributed by atoms with Crippen molar-refractivity contribution >= 4 is 84.7 Å². The summed E-state index contributed by atoms with van der Waals surface area (Å²) in [6, 6.07) is 37.9. The Balaban J connectivity index is 0.000000170. The van der Waals surface area contributed by atoms with Gasteiger partial charge in [-0.3, -0.25) is 9.59 Å². The minimum absolute atomic E-state index is 0.120. The number of thiazole rings is 2. The quantitative estimate of drug-likeness (QED) is 0.0971. The minimum Gasteiger partial charge on any atom is -0.478 e. The number of carbonyl (C=O) groups is 3. The molecule has 6 heterocycles. The van der Waals surface area contributed by atoms with Crippen LogP contribution in [0.15, 0.2) is 144 Å². The number of carboxylic acid groups (broad SMARTS) is 1. The number of hydrogen-bond acceptors (Lipinski definition) is 9. The number of carbonyl (C=O) groups excluding carboxylic acids is 2. The standard InChI is InChI=1S/C27H26N4O3S.C26H25IN4OS/c32-25(28-22-11-9-20(10-12-22)26(33)34)24-15-21(19-7-3-1-4-8-19)16-31(24)17-23-18-35-27(29-23)30-13-5-2-6-14-30;27-21-9-11-22(12-10-21)28-25(32)24-15-20(19-7-3-1-4-8-19)16-31(24)17-23-18-33-26(29-23)30-13-5-2-6-14-30/h1,3-4,7-12,15-16,18H,2,5-6,13-14,17H2,(H,28,32)(H,33,34);1,3-4,7-12,15-16,18H,2,5-6,13-14,17H2,(H,28,32). The normalized spacial score (nSPS) is 13.7. The number of nitrogens with one attached hydrogen (secondary N) is 2. The van der Waals surface area contributed by atoms with Crippen LogP contribution < -0.4 is 20.4 Å². The molecule has 0 bridgehead atoms. The maximum Gasteiger partial charge on any atom is 0.335 e. The van der Waals surface area contributed by atoms with Gasteiger partial charge in [0.15, 0.2) is 10.3 Å². The largest absolute Gasteiger partial charge is 0.478 e. The average Bonchev–Trinajstić information content (AvgIpc) is 4.22. The van der Waals surface area contributed by atoms with Gasteiger partial charge in [0.1, 0.15) is 11.4 Å². The first-order valence-corrected chi connectivity index (χ1v) is 25.7. The first kappa shape index (κ1) is 46.5. The molecule has 0 spiro atoms. The van der Waals surface area contributed by atoms with Crippen molar-refractivity contribution in [3.8, 4) is 22.3 Å². The second-order valence-corrected chi connectivity index (χ2v) is 19.8. The van der Waals surface area contributed by atoms with Crippen LogP contribution in [-0.4, -0.2) is 68.2 Å². The lowest BCUT2D eigenvalue weighted by atomic mass is 10.1. The van der Waals surface area contributed by atoms with Gasteiger partial charge in [-0.2, -0.15) is 0 Å². The molecular weight excluding hydrogens is 1000 g/mol. The monoisotopic (exact) mass is 1050 g/mol. The van der Waals surface area contributed by atoms with Crippen molar-refractivity contribution in [1.82, 2.24) is 19.1 Å². The summed E-state index contributed by atoms with van der Waals surface area (Å²) in [6.07, 6.45) is 11.5. The van der Waals surface area contributed by atoms with Gasteiger partial charge >= 0.3 is 5.97 Å². The van der Waals surface area contributed by atoms with Crippen molar-refractivity contribution in [3.05, 3.63) is 176 Å². The van der Waals surface area contributed by atoms with Crippen LogP contribution >= 0.6 is 45.3 Å². The van der Waals surface area contributed by atoms with Crippen LogP contribution in [0.3, 0.4) is 0 Å². The highest BCUT2D eigenvalue weighted by Crippen LogP contribution is 2.30. The molecule has 2 aliphatic heterocycles. The number of benzene rings is 4. The predicted molar refractivity (Wildman–Crippen MR) is 283 cm³/mol. The van der Waals surface area contributed by atoms with E-state index < -0.39 is 5.97 Å². The van der Waals surface area contributed by atoms with Gasteiger partial charge in [0, 0.05) is 75.4 Å². The van der Waals surface area contributed by atoms with Gasteiger partial charge in [-0.25, -0.2) is 14.8 Å². The second kappa shape index (κ2) is 22.0. The summed E-state index contributed by atoms with van der Waals surface area (Å²) in [7, 11) is 0. The van der Waals surface area contributed by atoms with E-state index in [9.17, 15) is 14.4 Å². The van der Waals surface area contributed by atoms with Crippen molar-refractivity contribution in [2.45, 2.75) is 51.6 Å². The summed E-state index contributed by atoms with van der Waals surface area (Å²) >= 11 is 5.61. The molecule has 2 saturated heterocycles. The highest BCUT2D eigenvalue weighted by atomic mass is 127. The van der Waals surface area contributed by atoms with Crippen molar-refractivity contribution in [2.75, 3.05) is 46.6 Å². The molecule has 4 aromatic heterocycles. The molecule has 0 aliphatic carbocycles. The van der Waals surface area contributed by atoms with Crippen LogP contribution in [0, 0.1) is 3.57 Å². The Bertz CT molecular complexity index is 2950. The summed E-state index contributed by atoms with van der Waals surface area (Å²) in [4.78, 5) is 52.1. The second-order valence-electron chi connectivity index (χ2n) is 16.9. The third-order valence-electron chi connectivity index (χ3n) is 12.0. The Labute approximate surface area is 417 Å². The van der Waals surface area contributed by atoms with Crippen LogP contribution in [0.5, 0.6) is 0 Å². The lowest BCUT2D eigenvalue weighted by Gasteiger charge is -2.25. The topological polar surface area (TPSA) is 138 Å². The number of anilines is 4. The van der Waals surface area contributed by atoms with E-state index in [1.165, 1.54) is 50.7 Å². The van der Waals surface area contributed by atoms with E-state index >= 15 is 0 Å². The third-order valence-corrected chi connectivity index (χ3v) is 14.6. The summed E-state index contributed by atoms with van der Waals surface area (Å²) < 4.78 is 5.07. The average molecular weight is 1060 g/mol. The number of nitrogens with zero attached hydrogens (tertiary/aromatic N) is 6. The molecule has 4 aromatic carbocycles. The summed E-state index contributed by atoms with van der Waals surface area (Å²) in [5.74, 6) is -1.39. The molecule has 12 nitrogen and oxygen atoms in total. The van der Waals surface area contributed by atoms with Gasteiger partial charge in [0.2, 0.25) is 0 Å². The fraction of sp³-hybridized carbons (Fsp3) is 0.226. The zero-order valence-corrected chi connectivity index (χ0v) is 41.2. The van der Waals surface area contributed by atoms with Crippen LogP contribution in [-0.2, 0) is 13.1 Å². The Morgan fingerprint density at radius 2 is 0.956 bits per heavy atom. The third kappa shape index (κ3) is 11.8. The molecule has 15 heteroatoms. The number of hydrogen-bond donors (Lipinski definition) is 3. The van der Waals surface area contributed by atoms with Gasteiger partial charge in [-0.15, -0.1) is 22.7 Å². The van der Waals surface area contributed by atoms with E-state index in [1.54, 1.807) is 34.8 Å². The maximum absolute atomic E-state index is 13.3. The molecule has 3 N–H and O–H groups in total. The summed E-state index contributed by atoms with van der Waals surface area (Å²) in [5, 5.41) is 21.4. The Morgan fingerprint density at radius 3 is 1.37 bits per heavy atom. The Kier molecular flexibility index (Phi) is 15.1. The number of aromatic nitrogens is 4. The fourth-order valence-corrected chi connectivity index (χ4v) is 10.5. The lowest BCUT2D eigenvalue weighted by molar-refractivity contribution is 0.0696. The van der Waals surface area contributed by atoms with E-state index in [1.807, 2.05) is 100 Å². The molecule has 346 valence electrons. The van der Waals surface area contributed by atoms with Gasteiger partial charge in [0.25, 0.3) is 11.8 Å². The maximum atomic E-state index is 13.3. The summed E-state index contributed by atoms with van der Waals surface area (Å²) in [5.41, 5.74) is 8.63. The Hall–Kier alpha value is -6.56. The molecule has 0 radical (unpaired) electrons. The smallest absolute Gasteiger partial charge is 0.335 e. The van der Waals surface area contributed by atoms with Crippen LogP contribution in [0.25, 0.3) is 22.3 Å².